The van der Waals surface area contributed by atoms with Crippen molar-refractivity contribution >= 4 is 0 Å². The third-order valence-electron chi connectivity index (χ3n) is 1.17. The highest BCUT2D eigenvalue weighted by atomic mass is 16.5. The van der Waals surface area contributed by atoms with Gasteiger partial charge in [-0.1, -0.05) is 0 Å². The van der Waals surface area contributed by atoms with Crippen LogP contribution in [0.15, 0.2) is 0 Å². The van der Waals surface area contributed by atoms with Gasteiger partial charge in [-0.25, -0.2) is 0 Å². The third-order valence-corrected chi connectivity index (χ3v) is 1.17. The van der Waals surface area contributed by atoms with Crippen LogP contribution in [0.2, 0.25) is 0 Å². The lowest BCUT2D eigenvalue weighted by molar-refractivity contribution is 0.0912. The Balaban J connectivity index is 3.02. The molecule has 11 heavy (non-hydrogen) atoms. The summed E-state index contributed by atoms with van der Waals surface area (Å²) in [5, 5.41) is 8.45. The average Bonchev–Trinajstić information content (AvgIpc) is 1.85. The van der Waals surface area contributed by atoms with Crippen LogP contribution in [0.3, 0.4) is 0 Å². The van der Waals surface area contributed by atoms with Crippen molar-refractivity contribution in [3.8, 4) is 0 Å². The first-order valence-corrected chi connectivity index (χ1v) is 4.04. The fourth-order valence-corrected chi connectivity index (χ4v) is 0.651. The zero-order chi connectivity index (χ0) is 8.74. The summed E-state index contributed by atoms with van der Waals surface area (Å²) in [5.74, 6) is 0. The van der Waals surface area contributed by atoms with Gasteiger partial charge in [-0.15, -0.1) is 0 Å². The minimum atomic E-state index is -0.237. The van der Waals surface area contributed by atoms with E-state index in [9.17, 15) is 0 Å². The molecule has 0 saturated carbocycles. The van der Waals surface area contributed by atoms with E-state index >= 15 is 0 Å². The molecule has 3 N–H and O–H groups in total. The normalized spacial score (nSPS) is 12.0. The van der Waals surface area contributed by atoms with Crippen molar-refractivity contribution < 1.29 is 9.84 Å². The van der Waals surface area contributed by atoms with Gasteiger partial charge in [-0.2, -0.15) is 0 Å². The lowest BCUT2D eigenvalue weighted by Gasteiger charge is -2.17. The summed E-state index contributed by atoms with van der Waals surface area (Å²) in [7, 11) is 0. The van der Waals surface area contributed by atoms with E-state index in [1.165, 1.54) is 0 Å². The van der Waals surface area contributed by atoms with Crippen LogP contribution in [0, 0.1) is 0 Å². The lowest BCUT2D eigenvalue weighted by atomic mass is 10.1. The van der Waals surface area contributed by atoms with Gasteiger partial charge in [0.15, 0.2) is 0 Å². The van der Waals surface area contributed by atoms with Crippen LogP contribution in [0.25, 0.3) is 0 Å². The maximum atomic E-state index is 8.45. The molecule has 3 heteroatoms. The van der Waals surface area contributed by atoms with Gasteiger partial charge >= 0.3 is 0 Å². The van der Waals surface area contributed by atoms with E-state index in [4.69, 9.17) is 15.6 Å². The molecule has 0 heterocycles. The van der Waals surface area contributed by atoms with Crippen molar-refractivity contribution in [1.29, 1.82) is 0 Å². The Morgan fingerprint density at radius 3 is 2.45 bits per heavy atom. The van der Waals surface area contributed by atoms with E-state index in [-0.39, 0.29) is 12.1 Å². The molecule has 0 aromatic rings. The molecule has 0 aliphatic rings. The number of ether oxygens (including phenoxy) is 1. The van der Waals surface area contributed by atoms with Gasteiger partial charge in [0.25, 0.3) is 0 Å². The molecule has 0 spiro atoms. The van der Waals surface area contributed by atoms with Crippen LogP contribution in [-0.2, 0) is 4.74 Å². The highest BCUT2D eigenvalue weighted by molar-refractivity contribution is 4.69. The quantitative estimate of drug-likeness (QED) is 0.558. The van der Waals surface area contributed by atoms with E-state index < -0.39 is 0 Å². The molecule has 0 bridgehead atoms. The topological polar surface area (TPSA) is 55.5 Å². The Hall–Kier alpha value is -0.120. The van der Waals surface area contributed by atoms with E-state index in [1.807, 2.05) is 13.8 Å². The zero-order valence-corrected chi connectivity index (χ0v) is 7.47. The summed E-state index contributed by atoms with van der Waals surface area (Å²) in [6, 6.07) is 0. The number of hydrogen-bond donors (Lipinski definition) is 2. The second-order valence-electron chi connectivity index (χ2n) is 3.47. The molecule has 0 aliphatic heterocycles. The fraction of sp³-hybridized carbons (Fsp3) is 1.00. The molecule has 0 aromatic carbocycles. The second-order valence-corrected chi connectivity index (χ2v) is 3.47. The third kappa shape index (κ3) is 9.88. The molecule has 0 fully saturated rings. The Morgan fingerprint density at radius 1 is 1.36 bits per heavy atom. The molecule has 0 saturated heterocycles. The molecule has 0 unspecified atom stereocenters. The van der Waals surface area contributed by atoms with Crippen molar-refractivity contribution in [1.82, 2.24) is 0 Å². The van der Waals surface area contributed by atoms with Crippen LogP contribution in [0.1, 0.15) is 26.7 Å². The number of aliphatic hydroxyl groups excluding tert-OH is 1. The highest BCUT2D eigenvalue weighted by Gasteiger charge is 2.09. The first-order chi connectivity index (χ1) is 5.06. The maximum Gasteiger partial charge on any atom is 0.0640 e. The van der Waals surface area contributed by atoms with Crippen LogP contribution in [-0.4, -0.2) is 30.5 Å². The summed E-state index contributed by atoms with van der Waals surface area (Å²) in [5.41, 5.74) is 5.44. The largest absolute Gasteiger partial charge is 0.396 e. The molecule has 0 amide bonds. The van der Waals surface area contributed by atoms with Crippen LogP contribution >= 0.6 is 0 Å². The van der Waals surface area contributed by atoms with Gasteiger partial charge in [0, 0.05) is 18.8 Å². The van der Waals surface area contributed by atoms with Crippen LogP contribution in [0.5, 0.6) is 0 Å². The Labute approximate surface area is 68.5 Å². The number of hydrogen-bond acceptors (Lipinski definition) is 3. The van der Waals surface area contributed by atoms with Gasteiger partial charge in [-0.3, -0.25) is 0 Å². The van der Waals surface area contributed by atoms with E-state index in [1.54, 1.807) is 0 Å². The smallest absolute Gasteiger partial charge is 0.0640 e. The van der Waals surface area contributed by atoms with E-state index in [2.05, 4.69) is 0 Å². The van der Waals surface area contributed by atoms with Crippen molar-refractivity contribution in [2.75, 3.05) is 19.8 Å². The predicted octanol–water partition coefficient (Wildman–Crippen LogP) is 0.513. The molecular weight excluding hydrogens is 142 g/mol. The van der Waals surface area contributed by atoms with Gasteiger partial charge in [0.05, 0.1) is 6.61 Å². The lowest BCUT2D eigenvalue weighted by Crippen LogP contribution is -2.37. The molecule has 0 aliphatic carbocycles. The van der Waals surface area contributed by atoms with Crippen molar-refractivity contribution in [2.45, 2.75) is 32.2 Å². The summed E-state index contributed by atoms with van der Waals surface area (Å²) < 4.78 is 5.26. The highest BCUT2D eigenvalue weighted by Crippen LogP contribution is 1.98. The number of rotatable bonds is 6. The summed E-state index contributed by atoms with van der Waals surface area (Å²) in [4.78, 5) is 0. The summed E-state index contributed by atoms with van der Waals surface area (Å²) in [6.45, 7) is 5.38. The fourth-order valence-electron chi connectivity index (χ4n) is 0.651. The predicted molar refractivity (Wildman–Crippen MR) is 45.4 cm³/mol. The molecule has 0 aromatic heterocycles. The Morgan fingerprint density at radius 2 is 2.00 bits per heavy atom. The SMILES string of the molecule is CC(C)(N)COCCCCO. The number of nitrogens with two attached hydrogens (primary N) is 1. The molecular formula is C8H19NO2. The average molecular weight is 161 g/mol. The number of aliphatic hydroxyl groups is 1. The van der Waals surface area contributed by atoms with E-state index in [0.29, 0.717) is 13.2 Å². The minimum absolute atomic E-state index is 0.237. The number of unbranched alkanes of at least 4 members (excludes halogenated alkanes) is 1. The molecule has 0 radical (unpaired) electrons. The van der Waals surface area contributed by atoms with Crippen LogP contribution in [0.4, 0.5) is 0 Å². The van der Waals surface area contributed by atoms with E-state index in [0.717, 1.165) is 12.8 Å². The monoisotopic (exact) mass is 161 g/mol. The van der Waals surface area contributed by atoms with Crippen LogP contribution < -0.4 is 5.73 Å². The Bertz CT molecular complexity index is 88.6. The summed E-state index contributed by atoms with van der Waals surface area (Å²) >= 11 is 0. The maximum absolute atomic E-state index is 8.45. The minimum Gasteiger partial charge on any atom is -0.396 e. The van der Waals surface area contributed by atoms with Gasteiger partial charge in [0.2, 0.25) is 0 Å². The van der Waals surface area contributed by atoms with Crippen molar-refractivity contribution in [3.63, 3.8) is 0 Å². The zero-order valence-electron chi connectivity index (χ0n) is 7.47. The molecule has 68 valence electrons. The Kier molecular flexibility index (Phi) is 5.46. The molecule has 3 nitrogen and oxygen atoms in total. The van der Waals surface area contributed by atoms with Gasteiger partial charge in [-0.05, 0) is 26.7 Å². The van der Waals surface area contributed by atoms with Crippen molar-refractivity contribution in [2.24, 2.45) is 5.73 Å². The molecule has 0 rings (SSSR count). The van der Waals surface area contributed by atoms with Crippen molar-refractivity contribution in [3.05, 3.63) is 0 Å². The van der Waals surface area contributed by atoms with Gasteiger partial charge < -0.3 is 15.6 Å². The second kappa shape index (κ2) is 5.52. The summed E-state index contributed by atoms with van der Waals surface area (Å²) in [6.07, 6.45) is 1.72. The first-order valence-electron chi connectivity index (χ1n) is 4.04. The molecule has 0 atom stereocenters. The first kappa shape index (κ1) is 10.9. The van der Waals surface area contributed by atoms with Gasteiger partial charge in [0.1, 0.15) is 0 Å². The standard InChI is InChI=1S/C8H19NO2/c1-8(2,9)7-11-6-4-3-5-10/h10H,3-7,9H2,1-2H3.